The van der Waals surface area contributed by atoms with Crippen LogP contribution < -0.4 is 5.32 Å². The summed E-state index contributed by atoms with van der Waals surface area (Å²) >= 11 is 0. The molecule has 0 aliphatic rings. The lowest BCUT2D eigenvalue weighted by Gasteiger charge is -2.05. The molecule has 106 valence electrons. The Labute approximate surface area is 121 Å². The van der Waals surface area contributed by atoms with E-state index in [0.29, 0.717) is 12.2 Å². The summed E-state index contributed by atoms with van der Waals surface area (Å²) in [4.78, 5) is 18.9. The van der Waals surface area contributed by atoms with E-state index < -0.39 is 5.97 Å². The molecule has 3 aromatic rings. The van der Waals surface area contributed by atoms with Crippen LogP contribution in [-0.4, -0.2) is 25.4 Å². The highest BCUT2D eigenvalue weighted by molar-refractivity contribution is 5.86. The van der Waals surface area contributed by atoms with Crippen molar-refractivity contribution < 1.29 is 9.90 Å². The van der Waals surface area contributed by atoms with Crippen molar-refractivity contribution in [3.63, 3.8) is 0 Å². The molecule has 3 heterocycles. The average molecular weight is 282 g/mol. The number of aromatic nitrogens is 3. The number of carboxylic acids is 1. The maximum atomic E-state index is 10.9. The molecule has 0 saturated carbocycles. The van der Waals surface area contributed by atoms with Gasteiger partial charge in [-0.1, -0.05) is 0 Å². The number of rotatable bonds is 5. The van der Waals surface area contributed by atoms with E-state index in [1.807, 2.05) is 30.5 Å². The van der Waals surface area contributed by atoms with E-state index in [1.165, 1.54) is 11.8 Å². The fourth-order valence-electron chi connectivity index (χ4n) is 2.09. The fraction of sp³-hybridized carbons (Fsp3) is 0.133. The van der Waals surface area contributed by atoms with Crippen LogP contribution in [0.15, 0.2) is 49.1 Å². The molecule has 21 heavy (non-hydrogen) atoms. The van der Waals surface area contributed by atoms with E-state index in [0.717, 1.165) is 12.1 Å². The SMILES string of the molecule is O=C(O)c1cn2ccc(CNCc3ccncc3)cc2n1. The first-order chi connectivity index (χ1) is 10.2. The van der Waals surface area contributed by atoms with Gasteiger partial charge in [-0.25, -0.2) is 9.78 Å². The summed E-state index contributed by atoms with van der Waals surface area (Å²) < 4.78 is 1.70. The van der Waals surface area contributed by atoms with Crippen LogP contribution in [0.3, 0.4) is 0 Å². The molecule has 3 rings (SSSR count). The van der Waals surface area contributed by atoms with Crippen LogP contribution >= 0.6 is 0 Å². The van der Waals surface area contributed by atoms with Crippen LogP contribution in [0.25, 0.3) is 5.65 Å². The number of carboxylic acid groups (broad SMARTS) is 1. The van der Waals surface area contributed by atoms with Crippen LogP contribution in [0, 0.1) is 0 Å². The smallest absolute Gasteiger partial charge is 0.356 e. The van der Waals surface area contributed by atoms with Crippen LogP contribution in [0.4, 0.5) is 0 Å². The third kappa shape index (κ3) is 3.06. The first kappa shape index (κ1) is 13.3. The summed E-state index contributed by atoms with van der Waals surface area (Å²) in [6, 6.07) is 7.75. The Bertz CT molecular complexity index is 768. The Hall–Kier alpha value is -2.73. The number of nitrogens with one attached hydrogen (secondary N) is 1. The number of hydrogen-bond acceptors (Lipinski definition) is 4. The summed E-state index contributed by atoms with van der Waals surface area (Å²) in [7, 11) is 0. The Morgan fingerprint density at radius 1 is 1.19 bits per heavy atom. The Morgan fingerprint density at radius 3 is 2.71 bits per heavy atom. The molecule has 0 atom stereocenters. The molecule has 6 heteroatoms. The lowest BCUT2D eigenvalue weighted by atomic mass is 10.2. The Balaban J connectivity index is 1.68. The lowest BCUT2D eigenvalue weighted by molar-refractivity contribution is 0.0691. The number of pyridine rings is 2. The van der Waals surface area contributed by atoms with E-state index in [2.05, 4.69) is 15.3 Å². The predicted molar refractivity (Wildman–Crippen MR) is 76.9 cm³/mol. The lowest BCUT2D eigenvalue weighted by Crippen LogP contribution is -2.12. The van der Waals surface area contributed by atoms with Gasteiger partial charge in [0, 0.05) is 37.9 Å². The zero-order valence-electron chi connectivity index (χ0n) is 11.2. The zero-order chi connectivity index (χ0) is 14.7. The fourth-order valence-corrected chi connectivity index (χ4v) is 2.09. The van der Waals surface area contributed by atoms with E-state index >= 15 is 0 Å². The minimum absolute atomic E-state index is 0.0527. The third-order valence-corrected chi connectivity index (χ3v) is 3.15. The number of hydrogen-bond donors (Lipinski definition) is 2. The second-order valence-electron chi connectivity index (χ2n) is 4.69. The van der Waals surface area contributed by atoms with Gasteiger partial charge in [0.05, 0.1) is 0 Å². The summed E-state index contributed by atoms with van der Waals surface area (Å²) in [5, 5.41) is 12.3. The highest BCUT2D eigenvalue weighted by atomic mass is 16.4. The van der Waals surface area contributed by atoms with E-state index in [9.17, 15) is 4.79 Å². The molecular weight excluding hydrogens is 268 g/mol. The van der Waals surface area contributed by atoms with Crippen LogP contribution in [0.5, 0.6) is 0 Å². The van der Waals surface area contributed by atoms with Crippen LogP contribution in [0.2, 0.25) is 0 Å². The molecule has 6 nitrogen and oxygen atoms in total. The summed E-state index contributed by atoms with van der Waals surface area (Å²) in [6.07, 6.45) is 6.85. The molecule has 0 fully saturated rings. The molecule has 0 aliphatic carbocycles. The van der Waals surface area contributed by atoms with Crippen molar-refractivity contribution in [3.8, 4) is 0 Å². The topological polar surface area (TPSA) is 79.5 Å². The molecule has 0 saturated heterocycles. The standard InChI is InChI=1S/C15H14N4O2/c20-15(21)13-10-19-6-3-12(7-14(19)18-13)9-17-8-11-1-4-16-5-2-11/h1-7,10,17H,8-9H2,(H,20,21). The van der Waals surface area contributed by atoms with E-state index in [-0.39, 0.29) is 5.69 Å². The second-order valence-corrected chi connectivity index (χ2v) is 4.69. The van der Waals surface area contributed by atoms with Gasteiger partial charge < -0.3 is 14.8 Å². The number of aromatic carboxylic acids is 1. The molecule has 0 unspecified atom stereocenters. The minimum Gasteiger partial charge on any atom is -0.476 e. The molecule has 0 radical (unpaired) electrons. The van der Waals surface area contributed by atoms with Gasteiger partial charge in [0.2, 0.25) is 0 Å². The average Bonchev–Trinajstić information content (AvgIpc) is 2.92. The number of carbonyl (C=O) groups is 1. The normalized spacial score (nSPS) is 10.9. The second kappa shape index (κ2) is 5.72. The molecule has 0 aromatic carbocycles. The quantitative estimate of drug-likeness (QED) is 0.745. The first-order valence-corrected chi connectivity index (χ1v) is 6.53. The van der Waals surface area contributed by atoms with Crippen molar-refractivity contribution in [2.45, 2.75) is 13.1 Å². The Kier molecular flexibility index (Phi) is 3.61. The zero-order valence-corrected chi connectivity index (χ0v) is 11.2. The monoisotopic (exact) mass is 282 g/mol. The van der Waals surface area contributed by atoms with E-state index in [1.54, 1.807) is 16.8 Å². The maximum absolute atomic E-state index is 10.9. The van der Waals surface area contributed by atoms with E-state index in [4.69, 9.17) is 5.11 Å². The maximum Gasteiger partial charge on any atom is 0.356 e. The number of imidazole rings is 1. The molecule has 2 N–H and O–H groups in total. The third-order valence-electron chi connectivity index (χ3n) is 3.15. The van der Waals surface area contributed by atoms with Gasteiger partial charge in [-0.15, -0.1) is 0 Å². The predicted octanol–water partition coefficient (Wildman–Crippen LogP) is 1.72. The van der Waals surface area contributed by atoms with Crippen molar-refractivity contribution in [2.75, 3.05) is 0 Å². The van der Waals surface area contributed by atoms with Gasteiger partial charge in [-0.2, -0.15) is 0 Å². The van der Waals surface area contributed by atoms with Crippen LogP contribution in [0.1, 0.15) is 21.6 Å². The first-order valence-electron chi connectivity index (χ1n) is 6.53. The van der Waals surface area contributed by atoms with Crippen molar-refractivity contribution in [1.82, 2.24) is 19.7 Å². The van der Waals surface area contributed by atoms with Crippen LogP contribution in [-0.2, 0) is 13.1 Å². The Morgan fingerprint density at radius 2 is 1.95 bits per heavy atom. The summed E-state index contributed by atoms with van der Waals surface area (Å²) in [5.74, 6) is -1.02. The van der Waals surface area contributed by atoms with Gasteiger partial charge in [0.15, 0.2) is 5.69 Å². The molecule has 0 spiro atoms. The van der Waals surface area contributed by atoms with Crippen molar-refractivity contribution >= 4 is 11.6 Å². The largest absolute Gasteiger partial charge is 0.476 e. The number of nitrogens with zero attached hydrogens (tertiary/aromatic N) is 3. The van der Waals surface area contributed by atoms with Crippen molar-refractivity contribution in [2.24, 2.45) is 0 Å². The van der Waals surface area contributed by atoms with Gasteiger partial charge in [-0.3, -0.25) is 4.98 Å². The summed E-state index contributed by atoms with van der Waals surface area (Å²) in [5.41, 5.74) is 2.91. The van der Waals surface area contributed by atoms with Crippen molar-refractivity contribution in [3.05, 3.63) is 65.9 Å². The number of fused-ring (bicyclic) bond motifs is 1. The summed E-state index contributed by atoms with van der Waals surface area (Å²) in [6.45, 7) is 1.44. The van der Waals surface area contributed by atoms with Gasteiger partial charge in [-0.05, 0) is 35.4 Å². The van der Waals surface area contributed by atoms with Crippen molar-refractivity contribution in [1.29, 1.82) is 0 Å². The van der Waals surface area contributed by atoms with Gasteiger partial charge >= 0.3 is 5.97 Å². The van der Waals surface area contributed by atoms with Gasteiger partial charge in [0.1, 0.15) is 5.65 Å². The molecular formula is C15H14N4O2. The highest BCUT2D eigenvalue weighted by Gasteiger charge is 2.08. The molecule has 3 aromatic heterocycles. The minimum atomic E-state index is -1.02. The molecule has 0 amide bonds. The molecule has 0 bridgehead atoms. The van der Waals surface area contributed by atoms with Gasteiger partial charge in [0.25, 0.3) is 0 Å². The highest BCUT2D eigenvalue weighted by Crippen LogP contribution is 2.09. The molecule has 0 aliphatic heterocycles.